The Labute approximate surface area is 120 Å². The summed E-state index contributed by atoms with van der Waals surface area (Å²) < 4.78 is 10.4. The fraction of sp³-hybridized carbons (Fsp3) is 0.533. The number of benzene rings is 1. The van der Waals surface area contributed by atoms with Gasteiger partial charge in [-0.25, -0.2) is 0 Å². The van der Waals surface area contributed by atoms with E-state index in [0.717, 1.165) is 5.56 Å². The van der Waals surface area contributed by atoms with E-state index in [1.807, 2.05) is 19.9 Å². The van der Waals surface area contributed by atoms with E-state index in [1.165, 1.54) is 0 Å². The number of amides is 1. The number of hydrogen-bond donors (Lipinski definition) is 1. The van der Waals surface area contributed by atoms with Gasteiger partial charge in [0.05, 0.1) is 32.8 Å². The third-order valence-electron chi connectivity index (χ3n) is 3.47. The van der Waals surface area contributed by atoms with Crippen LogP contribution in [0.5, 0.6) is 11.5 Å². The molecule has 0 bridgehead atoms. The maximum absolute atomic E-state index is 12.2. The lowest BCUT2D eigenvalue weighted by Gasteiger charge is -2.34. The Morgan fingerprint density at radius 1 is 1.25 bits per heavy atom. The lowest BCUT2D eigenvalue weighted by Crippen LogP contribution is -2.48. The molecule has 0 saturated carbocycles. The van der Waals surface area contributed by atoms with Crippen LogP contribution in [0.2, 0.25) is 0 Å². The van der Waals surface area contributed by atoms with Crippen molar-refractivity contribution in [3.05, 3.63) is 23.8 Å². The van der Waals surface area contributed by atoms with Gasteiger partial charge in [0.15, 0.2) is 11.5 Å². The van der Waals surface area contributed by atoms with E-state index in [-0.39, 0.29) is 18.9 Å². The number of aliphatic hydroxyl groups excluding tert-OH is 1. The minimum atomic E-state index is -0.576. The number of carbonyl (C=O) groups excluding carboxylic acids is 1. The molecule has 0 aromatic heterocycles. The van der Waals surface area contributed by atoms with E-state index in [9.17, 15) is 9.90 Å². The monoisotopic (exact) mass is 281 g/mol. The van der Waals surface area contributed by atoms with Gasteiger partial charge in [0.25, 0.3) is 0 Å². The molecular formula is C15H23NO4. The van der Waals surface area contributed by atoms with Crippen LogP contribution in [-0.2, 0) is 11.2 Å². The SMILES string of the molecule is COc1ccc(CC(=O)N(C)C(C)(C)CO)cc1OC. The number of likely N-dealkylation sites (N-methyl/N-ethyl adjacent to an activating group) is 1. The largest absolute Gasteiger partial charge is 0.493 e. The van der Waals surface area contributed by atoms with Gasteiger partial charge in [-0.15, -0.1) is 0 Å². The van der Waals surface area contributed by atoms with Crippen LogP contribution in [0.1, 0.15) is 19.4 Å². The van der Waals surface area contributed by atoms with Gasteiger partial charge in [0.2, 0.25) is 5.91 Å². The number of rotatable bonds is 6. The highest BCUT2D eigenvalue weighted by Crippen LogP contribution is 2.28. The van der Waals surface area contributed by atoms with Crippen molar-refractivity contribution < 1.29 is 19.4 Å². The summed E-state index contributed by atoms with van der Waals surface area (Å²) in [5, 5.41) is 9.30. The van der Waals surface area contributed by atoms with Gasteiger partial charge in [-0.05, 0) is 31.5 Å². The summed E-state index contributed by atoms with van der Waals surface area (Å²) in [5.41, 5.74) is 0.265. The number of hydrogen-bond acceptors (Lipinski definition) is 4. The quantitative estimate of drug-likeness (QED) is 0.858. The van der Waals surface area contributed by atoms with Gasteiger partial charge in [0, 0.05) is 7.05 Å². The molecule has 1 amide bonds. The molecule has 0 aliphatic rings. The van der Waals surface area contributed by atoms with Crippen molar-refractivity contribution in [1.29, 1.82) is 0 Å². The molecule has 0 aliphatic carbocycles. The molecule has 20 heavy (non-hydrogen) atoms. The number of methoxy groups -OCH3 is 2. The zero-order chi connectivity index (χ0) is 15.3. The predicted molar refractivity (Wildman–Crippen MR) is 77.2 cm³/mol. The van der Waals surface area contributed by atoms with Gasteiger partial charge < -0.3 is 19.5 Å². The van der Waals surface area contributed by atoms with Gasteiger partial charge in [-0.1, -0.05) is 6.07 Å². The van der Waals surface area contributed by atoms with E-state index in [0.29, 0.717) is 11.5 Å². The van der Waals surface area contributed by atoms with Crippen LogP contribution in [0, 0.1) is 0 Å². The average molecular weight is 281 g/mol. The first-order valence-corrected chi connectivity index (χ1v) is 6.44. The van der Waals surface area contributed by atoms with Crippen LogP contribution < -0.4 is 9.47 Å². The van der Waals surface area contributed by atoms with Gasteiger partial charge in [-0.2, -0.15) is 0 Å². The molecule has 0 unspecified atom stereocenters. The van der Waals surface area contributed by atoms with Gasteiger partial charge >= 0.3 is 0 Å². The minimum Gasteiger partial charge on any atom is -0.493 e. The van der Waals surface area contributed by atoms with Crippen molar-refractivity contribution in [2.75, 3.05) is 27.9 Å². The molecule has 1 aromatic rings. The van der Waals surface area contributed by atoms with E-state index < -0.39 is 5.54 Å². The first-order valence-electron chi connectivity index (χ1n) is 6.44. The van der Waals surface area contributed by atoms with E-state index in [1.54, 1.807) is 38.3 Å². The predicted octanol–water partition coefficient (Wildman–Crippen LogP) is 1.48. The molecule has 0 aliphatic heterocycles. The van der Waals surface area contributed by atoms with Gasteiger partial charge in [-0.3, -0.25) is 4.79 Å². The van der Waals surface area contributed by atoms with Crippen molar-refractivity contribution in [3.63, 3.8) is 0 Å². The average Bonchev–Trinajstić information content (AvgIpc) is 2.46. The third-order valence-corrected chi connectivity index (χ3v) is 3.47. The fourth-order valence-electron chi connectivity index (χ4n) is 1.73. The molecule has 1 rings (SSSR count). The second kappa shape index (κ2) is 6.61. The summed E-state index contributed by atoms with van der Waals surface area (Å²) >= 11 is 0. The Kier molecular flexibility index (Phi) is 5.39. The number of nitrogens with zero attached hydrogens (tertiary/aromatic N) is 1. The molecule has 0 atom stereocenters. The summed E-state index contributed by atoms with van der Waals surface area (Å²) in [6.07, 6.45) is 0.250. The lowest BCUT2D eigenvalue weighted by atomic mass is 10.0. The highest BCUT2D eigenvalue weighted by atomic mass is 16.5. The molecular weight excluding hydrogens is 258 g/mol. The zero-order valence-electron chi connectivity index (χ0n) is 12.8. The molecule has 5 heteroatoms. The Morgan fingerprint density at radius 3 is 2.35 bits per heavy atom. The van der Waals surface area contributed by atoms with Crippen molar-refractivity contribution in [1.82, 2.24) is 4.90 Å². The molecule has 0 spiro atoms. The van der Waals surface area contributed by atoms with Crippen LogP contribution in [0.15, 0.2) is 18.2 Å². The van der Waals surface area contributed by atoms with Crippen molar-refractivity contribution >= 4 is 5.91 Å². The highest BCUT2D eigenvalue weighted by molar-refractivity contribution is 5.79. The van der Waals surface area contributed by atoms with E-state index >= 15 is 0 Å². The van der Waals surface area contributed by atoms with Crippen LogP contribution in [0.4, 0.5) is 0 Å². The maximum atomic E-state index is 12.2. The lowest BCUT2D eigenvalue weighted by molar-refractivity contribution is -0.135. The molecule has 1 N–H and O–H groups in total. The summed E-state index contributed by atoms with van der Waals surface area (Å²) in [7, 11) is 4.82. The van der Waals surface area contributed by atoms with E-state index in [4.69, 9.17) is 9.47 Å². The van der Waals surface area contributed by atoms with E-state index in [2.05, 4.69) is 0 Å². The first-order chi connectivity index (χ1) is 9.35. The van der Waals surface area contributed by atoms with Crippen LogP contribution in [0.25, 0.3) is 0 Å². The maximum Gasteiger partial charge on any atom is 0.227 e. The number of carbonyl (C=O) groups is 1. The highest BCUT2D eigenvalue weighted by Gasteiger charge is 2.26. The summed E-state index contributed by atoms with van der Waals surface area (Å²) in [5.74, 6) is 1.17. The minimum absolute atomic E-state index is 0.0590. The Hall–Kier alpha value is -1.75. The Balaban J connectivity index is 2.86. The standard InChI is InChI=1S/C15H23NO4/c1-15(2,10-17)16(3)14(18)9-11-6-7-12(19-4)13(8-11)20-5/h6-8,17H,9-10H2,1-5H3. The summed E-state index contributed by atoms with van der Waals surface area (Å²) in [4.78, 5) is 13.8. The van der Waals surface area contributed by atoms with Crippen molar-refractivity contribution in [2.45, 2.75) is 25.8 Å². The normalized spacial score (nSPS) is 11.1. The fourth-order valence-corrected chi connectivity index (χ4v) is 1.73. The molecule has 112 valence electrons. The van der Waals surface area contributed by atoms with Gasteiger partial charge in [0.1, 0.15) is 0 Å². The van der Waals surface area contributed by atoms with Crippen LogP contribution in [-0.4, -0.2) is 49.3 Å². The second-order valence-electron chi connectivity index (χ2n) is 5.29. The molecule has 0 saturated heterocycles. The molecule has 1 aromatic carbocycles. The second-order valence-corrected chi connectivity index (χ2v) is 5.29. The third kappa shape index (κ3) is 3.63. The smallest absolute Gasteiger partial charge is 0.227 e. The zero-order valence-corrected chi connectivity index (χ0v) is 12.8. The van der Waals surface area contributed by atoms with Crippen LogP contribution in [0.3, 0.4) is 0 Å². The van der Waals surface area contributed by atoms with Crippen LogP contribution >= 0.6 is 0 Å². The first kappa shape index (κ1) is 16.3. The summed E-state index contributed by atoms with van der Waals surface area (Å²) in [6, 6.07) is 5.40. The molecule has 0 heterocycles. The topological polar surface area (TPSA) is 59.0 Å². The van der Waals surface area contributed by atoms with Crippen molar-refractivity contribution in [2.24, 2.45) is 0 Å². The number of aliphatic hydroxyl groups is 1. The number of ether oxygens (including phenoxy) is 2. The molecule has 0 radical (unpaired) electrons. The Morgan fingerprint density at radius 2 is 1.85 bits per heavy atom. The Bertz CT molecular complexity index is 471. The molecule has 0 fully saturated rings. The molecule has 5 nitrogen and oxygen atoms in total. The summed E-state index contributed by atoms with van der Waals surface area (Å²) in [6.45, 7) is 3.56. The van der Waals surface area contributed by atoms with Crippen molar-refractivity contribution in [3.8, 4) is 11.5 Å².